The predicted octanol–water partition coefficient (Wildman–Crippen LogP) is 1.73. The van der Waals surface area contributed by atoms with Crippen LogP contribution in [0.25, 0.3) is 0 Å². The van der Waals surface area contributed by atoms with E-state index in [0.717, 1.165) is 12.0 Å². The first-order valence-corrected chi connectivity index (χ1v) is 6.71. The van der Waals surface area contributed by atoms with E-state index < -0.39 is 0 Å². The maximum absolute atomic E-state index is 11.6. The highest BCUT2D eigenvalue weighted by Crippen LogP contribution is 2.18. The normalized spacial score (nSPS) is 19.1. The lowest BCUT2D eigenvalue weighted by molar-refractivity contribution is -0.149. The predicted molar refractivity (Wildman–Crippen MR) is 70.2 cm³/mol. The second-order valence-electron chi connectivity index (χ2n) is 4.16. The third-order valence-electron chi connectivity index (χ3n) is 2.79. The van der Waals surface area contributed by atoms with Crippen LogP contribution < -0.4 is 0 Å². The summed E-state index contributed by atoms with van der Waals surface area (Å²) in [5.74, 6) is -0.402. The second kappa shape index (κ2) is 6.00. The van der Waals surface area contributed by atoms with Crippen molar-refractivity contribution < 1.29 is 14.3 Å². The van der Waals surface area contributed by atoms with E-state index in [2.05, 4.69) is 15.9 Å². The molecule has 1 saturated heterocycles. The van der Waals surface area contributed by atoms with Gasteiger partial charge in [0.2, 0.25) is 5.91 Å². The van der Waals surface area contributed by atoms with Gasteiger partial charge in [-0.3, -0.25) is 9.59 Å². The molecule has 0 radical (unpaired) electrons. The summed E-state index contributed by atoms with van der Waals surface area (Å²) in [6.45, 7) is 0.891. The van der Waals surface area contributed by atoms with Crippen LogP contribution in [0.4, 0.5) is 0 Å². The Morgan fingerprint density at radius 3 is 2.72 bits per heavy atom. The van der Waals surface area contributed by atoms with Gasteiger partial charge in [-0.2, -0.15) is 0 Å². The van der Waals surface area contributed by atoms with Gasteiger partial charge in [0.25, 0.3) is 0 Å². The van der Waals surface area contributed by atoms with Gasteiger partial charge >= 0.3 is 5.97 Å². The van der Waals surface area contributed by atoms with Crippen LogP contribution in [0.5, 0.6) is 0 Å². The van der Waals surface area contributed by atoms with Crippen molar-refractivity contribution in [2.75, 3.05) is 13.1 Å². The summed E-state index contributed by atoms with van der Waals surface area (Å²) in [4.78, 5) is 24.5. The van der Waals surface area contributed by atoms with E-state index in [4.69, 9.17) is 4.74 Å². The van der Waals surface area contributed by atoms with Crippen LogP contribution in [0, 0.1) is 0 Å². The molecule has 0 aromatic heterocycles. The van der Waals surface area contributed by atoms with Gasteiger partial charge in [-0.25, -0.2) is 0 Å². The molecule has 1 aliphatic rings. The first kappa shape index (κ1) is 13.1. The van der Waals surface area contributed by atoms with Crippen molar-refractivity contribution in [2.45, 2.75) is 17.9 Å². The van der Waals surface area contributed by atoms with Gasteiger partial charge in [0.05, 0.1) is 4.83 Å². The molecule has 0 bridgehead atoms. The molecule has 18 heavy (non-hydrogen) atoms. The van der Waals surface area contributed by atoms with Crippen molar-refractivity contribution in [1.29, 1.82) is 0 Å². The van der Waals surface area contributed by atoms with Crippen molar-refractivity contribution in [1.82, 2.24) is 4.90 Å². The number of likely N-dealkylation sites (tertiary alicyclic amines) is 1. The summed E-state index contributed by atoms with van der Waals surface area (Å²) in [7, 11) is 0. The van der Waals surface area contributed by atoms with Crippen molar-refractivity contribution >= 4 is 27.8 Å². The highest BCUT2D eigenvalue weighted by atomic mass is 79.9. The van der Waals surface area contributed by atoms with Crippen LogP contribution in [0.15, 0.2) is 30.3 Å². The Hall–Kier alpha value is -1.36. The summed E-state index contributed by atoms with van der Waals surface area (Å²) in [5, 5.41) is 0. The molecule has 5 heteroatoms. The average molecular weight is 312 g/mol. The third-order valence-corrected chi connectivity index (χ3v) is 3.64. The molecule has 1 aromatic rings. The molecule has 1 aromatic carbocycles. The molecular formula is C13H14BrNO3. The maximum atomic E-state index is 11.6. The van der Waals surface area contributed by atoms with Crippen LogP contribution in [0.3, 0.4) is 0 Å². The van der Waals surface area contributed by atoms with Crippen LogP contribution in [-0.2, 0) is 20.9 Å². The molecule has 1 aliphatic heterocycles. The SMILES string of the molecule is O=C(CN1CCC(Br)C1=O)OCc1ccccc1. The number of esters is 1. The van der Waals surface area contributed by atoms with Crippen molar-refractivity contribution in [3.63, 3.8) is 0 Å². The van der Waals surface area contributed by atoms with Gasteiger partial charge in [-0.1, -0.05) is 46.3 Å². The Morgan fingerprint density at radius 1 is 1.39 bits per heavy atom. The number of amides is 1. The fraction of sp³-hybridized carbons (Fsp3) is 0.385. The minimum atomic E-state index is -0.367. The van der Waals surface area contributed by atoms with E-state index in [9.17, 15) is 9.59 Å². The van der Waals surface area contributed by atoms with E-state index in [1.165, 1.54) is 4.90 Å². The van der Waals surface area contributed by atoms with Crippen LogP contribution in [0.1, 0.15) is 12.0 Å². The standard InChI is InChI=1S/C13H14BrNO3/c14-11-6-7-15(13(11)17)8-12(16)18-9-10-4-2-1-3-5-10/h1-5,11H,6-9H2. The van der Waals surface area contributed by atoms with Crippen molar-refractivity contribution in [3.05, 3.63) is 35.9 Å². The van der Waals surface area contributed by atoms with Crippen LogP contribution in [-0.4, -0.2) is 34.7 Å². The fourth-order valence-electron chi connectivity index (χ4n) is 1.80. The fourth-order valence-corrected chi connectivity index (χ4v) is 2.29. The van der Waals surface area contributed by atoms with E-state index in [0.29, 0.717) is 6.54 Å². The number of hydrogen-bond donors (Lipinski definition) is 0. The number of halogens is 1. The number of alkyl halides is 1. The molecule has 1 unspecified atom stereocenters. The lowest BCUT2D eigenvalue weighted by Crippen LogP contribution is -2.33. The molecular weight excluding hydrogens is 298 g/mol. The van der Waals surface area contributed by atoms with E-state index in [-0.39, 0.29) is 29.9 Å². The van der Waals surface area contributed by atoms with Crippen molar-refractivity contribution in [2.24, 2.45) is 0 Å². The quantitative estimate of drug-likeness (QED) is 0.628. The zero-order valence-electron chi connectivity index (χ0n) is 9.84. The first-order valence-electron chi connectivity index (χ1n) is 5.79. The summed E-state index contributed by atoms with van der Waals surface area (Å²) < 4.78 is 5.13. The van der Waals surface area contributed by atoms with E-state index in [1.807, 2.05) is 30.3 Å². The largest absolute Gasteiger partial charge is 0.459 e. The molecule has 1 heterocycles. The number of rotatable bonds is 4. The van der Waals surface area contributed by atoms with Crippen LogP contribution >= 0.6 is 15.9 Å². The lowest BCUT2D eigenvalue weighted by Gasteiger charge is -2.14. The Balaban J connectivity index is 1.78. The molecule has 0 N–H and O–H groups in total. The summed E-state index contributed by atoms with van der Waals surface area (Å²) in [5.41, 5.74) is 0.942. The Bertz CT molecular complexity index is 435. The molecule has 0 aliphatic carbocycles. The average Bonchev–Trinajstić information content (AvgIpc) is 2.70. The molecule has 1 atom stereocenters. The minimum absolute atomic E-state index is 0.0355. The minimum Gasteiger partial charge on any atom is -0.459 e. The summed E-state index contributed by atoms with van der Waals surface area (Å²) in [6, 6.07) is 9.47. The van der Waals surface area contributed by atoms with Crippen molar-refractivity contribution in [3.8, 4) is 0 Å². The Labute approximate surface area is 114 Å². The van der Waals surface area contributed by atoms with Gasteiger partial charge in [-0.15, -0.1) is 0 Å². The number of carbonyl (C=O) groups excluding carboxylic acids is 2. The molecule has 4 nitrogen and oxygen atoms in total. The molecule has 2 rings (SSSR count). The van der Waals surface area contributed by atoms with Gasteiger partial charge in [0, 0.05) is 6.54 Å². The van der Waals surface area contributed by atoms with Crippen LogP contribution in [0.2, 0.25) is 0 Å². The number of nitrogens with zero attached hydrogens (tertiary/aromatic N) is 1. The number of benzene rings is 1. The molecule has 96 valence electrons. The molecule has 1 amide bonds. The topological polar surface area (TPSA) is 46.6 Å². The first-order chi connectivity index (χ1) is 8.66. The lowest BCUT2D eigenvalue weighted by atomic mass is 10.2. The van der Waals surface area contributed by atoms with Gasteiger partial charge in [-0.05, 0) is 12.0 Å². The highest BCUT2D eigenvalue weighted by molar-refractivity contribution is 9.10. The number of carbonyl (C=O) groups is 2. The second-order valence-corrected chi connectivity index (χ2v) is 5.27. The number of ether oxygens (including phenoxy) is 1. The number of hydrogen-bond acceptors (Lipinski definition) is 3. The zero-order valence-corrected chi connectivity index (χ0v) is 11.4. The molecule has 1 fully saturated rings. The monoisotopic (exact) mass is 311 g/mol. The Kier molecular flexibility index (Phi) is 4.36. The van der Waals surface area contributed by atoms with E-state index in [1.54, 1.807) is 0 Å². The smallest absolute Gasteiger partial charge is 0.325 e. The molecule has 0 spiro atoms. The molecule has 0 saturated carbocycles. The third kappa shape index (κ3) is 3.32. The van der Waals surface area contributed by atoms with Gasteiger partial charge in [0.15, 0.2) is 0 Å². The Morgan fingerprint density at radius 2 is 2.11 bits per heavy atom. The highest BCUT2D eigenvalue weighted by Gasteiger charge is 2.30. The summed E-state index contributed by atoms with van der Waals surface area (Å²) in [6.07, 6.45) is 0.741. The van der Waals surface area contributed by atoms with E-state index >= 15 is 0 Å². The summed E-state index contributed by atoms with van der Waals surface area (Å²) >= 11 is 3.27. The zero-order chi connectivity index (χ0) is 13.0. The van der Waals surface area contributed by atoms with Gasteiger partial charge in [0.1, 0.15) is 13.2 Å². The maximum Gasteiger partial charge on any atom is 0.325 e. The van der Waals surface area contributed by atoms with Gasteiger partial charge < -0.3 is 9.64 Å².